The van der Waals surface area contributed by atoms with Crippen molar-refractivity contribution < 1.29 is 19.0 Å². The van der Waals surface area contributed by atoms with Crippen LogP contribution in [0.15, 0.2) is 4.99 Å². The lowest BCUT2D eigenvalue weighted by Gasteiger charge is -2.27. The van der Waals surface area contributed by atoms with Gasteiger partial charge in [0.15, 0.2) is 5.96 Å². The summed E-state index contributed by atoms with van der Waals surface area (Å²) in [6.45, 7) is 16.4. The second kappa shape index (κ2) is 15.3. The van der Waals surface area contributed by atoms with Gasteiger partial charge in [0.1, 0.15) is 5.60 Å². The molecule has 1 rings (SSSR count). The molecule has 0 radical (unpaired) electrons. The maximum Gasteiger partial charge on any atom is 0.410 e. The Bertz CT molecular complexity index is 488. The second-order valence-corrected chi connectivity index (χ2v) is 8.64. The fraction of sp³-hybridized carbons (Fsp3) is 0.909. The van der Waals surface area contributed by atoms with E-state index in [1.54, 1.807) is 4.90 Å². The van der Waals surface area contributed by atoms with Crippen LogP contribution >= 0.6 is 0 Å². The van der Waals surface area contributed by atoms with Crippen LogP contribution in [-0.2, 0) is 14.2 Å². The van der Waals surface area contributed by atoms with Crippen LogP contribution in [0.5, 0.6) is 0 Å². The molecule has 1 fully saturated rings. The topological polar surface area (TPSA) is 84.4 Å². The molecule has 0 atom stereocenters. The van der Waals surface area contributed by atoms with E-state index in [1.807, 2.05) is 27.7 Å². The van der Waals surface area contributed by atoms with Gasteiger partial charge in [0.05, 0.1) is 0 Å². The number of hydrogen-bond donors (Lipinski definition) is 2. The van der Waals surface area contributed by atoms with Crippen molar-refractivity contribution in [2.24, 2.45) is 10.9 Å². The van der Waals surface area contributed by atoms with Gasteiger partial charge in [0.2, 0.25) is 0 Å². The molecule has 1 aliphatic rings. The van der Waals surface area contributed by atoms with E-state index < -0.39 is 5.60 Å². The van der Waals surface area contributed by atoms with Crippen molar-refractivity contribution in [3.63, 3.8) is 0 Å². The molecule has 8 nitrogen and oxygen atoms in total. The molecule has 0 aromatic heterocycles. The maximum atomic E-state index is 12.3. The van der Waals surface area contributed by atoms with Gasteiger partial charge in [-0.2, -0.15) is 0 Å². The molecule has 1 amide bonds. The molecule has 0 bridgehead atoms. The van der Waals surface area contributed by atoms with Crippen molar-refractivity contribution in [3.05, 3.63) is 0 Å². The van der Waals surface area contributed by atoms with Gasteiger partial charge in [-0.1, -0.05) is 6.92 Å². The molecule has 0 spiro atoms. The molecular weight excluding hydrogens is 384 g/mol. The maximum absolute atomic E-state index is 12.3. The van der Waals surface area contributed by atoms with Gasteiger partial charge >= 0.3 is 6.09 Å². The Balaban J connectivity index is 2.30. The SMILES string of the molecule is CCCN(CCNC(=NCCCOCC1CCOCC1)NCC)C(=O)OC(C)(C)C. The van der Waals surface area contributed by atoms with Crippen LogP contribution in [-0.4, -0.2) is 81.7 Å². The van der Waals surface area contributed by atoms with E-state index >= 15 is 0 Å². The summed E-state index contributed by atoms with van der Waals surface area (Å²) in [6.07, 6.45) is 3.71. The van der Waals surface area contributed by atoms with Gasteiger partial charge in [0, 0.05) is 59.2 Å². The van der Waals surface area contributed by atoms with Crippen LogP contribution < -0.4 is 10.6 Å². The van der Waals surface area contributed by atoms with Crippen LogP contribution in [0.25, 0.3) is 0 Å². The zero-order chi connectivity index (χ0) is 22.2. The normalized spacial score (nSPS) is 15.7. The van der Waals surface area contributed by atoms with E-state index in [0.29, 0.717) is 32.1 Å². The molecule has 1 heterocycles. The third-order valence-corrected chi connectivity index (χ3v) is 4.57. The molecule has 0 aliphatic carbocycles. The second-order valence-electron chi connectivity index (χ2n) is 8.64. The number of amides is 1. The van der Waals surface area contributed by atoms with Crippen LogP contribution in [0.2, 0.25) is 0 Å². The number of rotatable bonds is 12. The average Bonchev–Trinajstić information content (AvgIpc) is 2.69. The predicted molar refractivity (Wildman–Crippen MR) is 121 cm³/mol. The van der Waals surface area contributed by atoms with Crippen molar-refractivity contribution in [2.75, 3.05) is 59.2 Å². The smallest absolute Gasteiger partial charge is 0.410 e. The van der Waals surface area contributed by atoms with Gasteiger partial charge in [-0.3, -0.25) is 4.99 Å². The first kappa shape index (κ1) is 26.5. The summed E-state index contributed by atoms with van der Waals surface area (Å²) in [5.41, 5.74) is -0.486. The van der Waals surface area contributed by atoms with Crippen molar-refractivity contribution in [1.29, 1.82) is 0 Å². The van der Waals surface area contributed by atoms with Crippen molar-refractivity contribution in [3.8, 4) is 0 Å². The molecule has 1 aliphatic heterocycles. The highest BCUT2D eigenvalue weighted by molar-refractivity contribution is 5.79. The standard InChI is InChI=1S/C22H44N4O4/c1-6-13-26(21(27)30-22(3,4)5)14-12-25-20(23-7-2)24-11-8-15-29-18-19-9-16-28-17-10-19/h19H,6-18H2,1-5H3,(H2,23,24,25). The Hall–Kier alpha value is -1.54. The number of carbonyl (C=O) groups excluding carboxylic acids is 1. The molecule has 8 heteroatoms. The molecule has 0 aromatic rings. The minimum absolute atomic E-state index is 0.269. The zero-order valence-corrected chi connectivity index (χ0v) is 19.8. The molecule has 0 saturated carbocycles. The molecule has 0 unspecified atom stereocenters. The zero-order valence-electron chi connectivity index (χ0n) is 19.8. The highest BCUT2D eigenvalue weighted by Crippen LogP contribution is 2.14. The Morgan fingerprint density at radius 2 is 1.90 bits per heavy atom. The Morgan fingerprint density at radius 1 is 1.17 bits per heavy atom. The van der Waals surface area contributed by atoms with E-state index in [-0.39, 0.29) is 6.09 Å². The minimum Gasteiger partial charge on any atom is -0.444 e. The van der Waals surface area contributed by atoms with Crippen LogP contribution in [0.1, 0.15) is 60.3 Å². The number of carbonyl (C=O) groups is 1. The third kappa shape index (κ3) is 12.9. The number of ether oxygens (including phenoxy) is 3. The summed E-state index contributed by atoms with van der Waals surface area (Å²) in [4.78, 5) is 18.7. The number of hydrogen-bond acceptors (Lipinski definition) is 5. The van der Waals surface area contributed by atoms with Gasteiger partial charge in [-0.15, -0.1) is 0 Å². The minimum atomic E-state index is -0.486. The van der Waals surface area contributed by atoms with E-state index in [4.69, 9.17) is 14.2 Å². The average molecular weight is 429 g/mol. The summed E-state index contributed by atoms with van der Waals surface area (Å²) in [7, 11) is 0. The van der Waals surface area contributed by atoms with Gasteiger partial charge in [-0.25, -0.2) is 4.79 Å². The van der Waals surface area contributed by atoms with Crippen molar-refractivity contribution in [1.82, 2.24) is 15.5 Å². The summed E-state index contributed by atoms with van der Waals surface area (Å²) in [6, 6.07) is 0. The molecular formula is C22H44N4O4. The number of aliphatic imine (C=N–C) groups is 1. The largest absolute Gasteiger partial charge is 0.444 e. The van der Waals surface area contributed by atoms with Crippen LogP contribution in [0.3, 0.4) is 0 Å². The fourth-order valence-corrected chi connectivity index (χ4v) is 3.06. The van der Waals surface area contributed by atoms with Gasteiger partial charge < -0.3 is 29.7 Å². The Kier molecular flexibility index (Phi) is 13.5. The van der Waals surface area contributed by atoms with Crippen LogP contribution in [0.4, 0.5) is 4.79 Å². The van der Waals surface area contributed by atoms with E-state index in [2.05, 4.69) is 22.5 Å². The number of nitrogens with zero attached hydrogens (tertiary/aromatic N) is 2. The van der Waals surface area contributed by atoms with Crippen molar-refractivity contribution in [2.45, 2.75) is 65.9 Å². The fourth-order valence-electron chi connectivity index (χ4n) is 3.06. The van der Waals surface area contributed by atoms with E-state index in [1.165, 1.54) is 0 Å². The number of guanidine groups is 1. The van der Waals surface area contributed by atoms with E-state index in [0.717, 1.165) is 64.6 Å². The molecule has 176 valence electrons. The third-order valence-electron chi connectivity index (χ3n) is 4.57. The number of nitrogens with one attached hydrogen (secondary N) is 2. The Labute approximate surface area is 183 Å². The summed E-state index contributed by atoms with van der Waals surface area (Å²) in [5, 5.41) is 6.55. The van der Waals surface area contributed by atoms with Gasteiger partial charge in [0.25, 0.3) is 0 Å². The molecule has 1 saturated heterocycles. The lowest BCUT2D eigenvalue weighted by atomic mass is 10.0. The quantitative estimate of drug-likeness (QED) is 0.282. The summed E-state index contributed by atoms with van der Waals surface area (Å²) in [5.74, 6) is 1.40. The summed E-state index contributed by atoms with van der Waals surface area (Å²) < 4.78 is 16.7. The first-order valence-corrected chi connectivity index (χ1v) is 11.5. The first-order valence-electron chi connectivity index (χ1n) is 11.5. The van der Waals surface area contributed by atoms with Gasteiger partial charge in [-0.05, 0) is 59.3 Å². The lowest BCUT2D eigenvalue weighted by Crippen LogP contribution is -2.44. The first-order chi connectivity index (χ1) is 14.4. The predicted octanol–water partition coefficient (Wildman–Crippen LogP) is 3.02. The monoisotopic (exact) mass is 428 g/mol. The lowest BCUT2D eigenvalue weighted by molar-refractivity contribution is 0.0205. The molecule has 2 N–H and O–H groups in total. The Morgan fingerprint density at radius 3 is 2.53 bits per heavy atom. The highest BCUT2D eigenvalue weighted by atomic mass is 16.6. The molecule has 0 aromatic carbocycles. The highest BCUT2D eigenvalue weighted by Gasteiger charge is 2.21. The van der Waals surface area contributed by atoms with Crippen molar-refractivity contribution >= 4 is 12.1 Å². The summed E-state index contributed by atoms with van der Waals surface area (Å²) >= 11 is 0. The van der Waals surface area contributed by atoms with Crippen LogP contribution in [0, 0.1) is 5.92 Å². The van der Waals surface area contributed by atoms with E-state index in [9.17, 15) is 4.79 Å². The molecule has 30 heavy (non-hydrogen) atoms.